The Kier molecular flexibility index (Phi) is 5.37. The second-order valence-electron chi connectivity index (χ2n) is 7.21. The van der Waals surface area contributed by atoms with E-state index < -0.39 is 0 Å². The van der Waals surface area contributed by atoms with Crippen LogP contribution in [0.15, 0.2) is 54.6 Å². The van der Waals surface area contributed by atoms with Crippen molar-refractivity contribution >= 4 is 23.4 Å². The third-order valence-electron chi connectivity index (χ3n) is 4.98. The van der Waals surface area contributed by atoms with Gasteiger partial charge >= 0.3 is 0 Å². The Bertz CT molecular complexity index is 979. The molecule has 1 aliphatic heterocycles. The summed E-state index contributed by atoms with van der Waals surface area (Å²) < 4.78 is 0. The number of aryl methyl sites for hydroxylation is 2. The normalized spacial score (nSPS) is 14.0. The smallest absolute Gasteiger partial charge is 0.253 e. The van der Waals surface area contributed by atoms with Crippen molar-refractivity contribution in [1.29, 1.82) is 0 Å². The van der Waals surface area contributed by atoms with E-state index in [1.165, 1.54) is 0 Å². The lowest BCUT2D eigenvalue weighted by Crippen LogP contribution is -2.49. The number of amides is 1. The van der Waals surface area contributed by atoms with E-state index >= 15 is 0 Å². The lowest BCUT2D eigenvalue weighted by molar-refractivity contribution is 0.0746. The second kappa shape index (κ2) is 8.26. The highest BCUT2D eigenvalue weighted by molar-refractivity contribution is 5.94. The summed E-state index contributed by atoms with van der Waals surface area (Å²) in [5.41, 5.74) is 2.84. The molecule has 7 heteroatoms. The maximum absolute atomic E-state index is 12.7. The first kappa shape index (κ1) is 18.9. The summed E-state index contributed by atoms with van der Waals surface area (Å²) in [6.07, 6.45) is 0. The first-order valence-corrected chi connectivity index (χ1v) is 9.74. The summed E-state index contributed by atoms with van der Waals surface area (Å²) in [4.78, 5) is 21.1. The fourth-order valence-electron chi connectivity index (χ4n) is 3.32. The van der Waals surface area contributed by atoms with Gasteiger partial charge in [0, 0.05) is 37.4 Å². The highest BCUT2D eigenvalue weighted by Gasteiger charge is 2.23. The molecule has 0 radical (unpaired) electrons. The van der Waals surface area contributed by atoms with E-state index in [-0.39, 0.29) is 5.91 Å². The summed E-state index contributed by atoms with van der Waals surface area (Å²) >= 11 is 0. The average Bonchev–Trinajstić information content (AvgIpc) is 2.75. The molecule has 0 bridgehead atoms. The Labute approximate surface area is 170 Å². The number of nitrogens with one attached hydrogen (secondary N) is 1. The Morgan fingerprint density at radius 2 is 1.62 bits per heavy atom. The number of hydrogen-bond acceptors (Lipinski definition) is 6. The zero-order valence-electron chi connectivity index (χ0n) is 16.7. The first-order valence-electron chi connectivity index (χ1n) is 9.74. The molecule has 4 rings (SSSR count). The van der Waals surface area contributed by atoms with Crippen molar-refractivity contribution in [3.8, 4) is 0 Å². The molecule has 7 nitrogen and oxygen atoms in total. The predicted molar refractivity (Wildman–Crippen MR) is 114 cm³/mol. The maximum atomic E-state index is 12.7. The average molecular weight is 388 g/mol. The number of hydrogen-bond donors (Lipinski definition) is 1. The van der Waals surface area contributed by atoms with Gasteiger partial charge in [-0.1, -0.05) is 23.8 Å². The van der Waals surface area contributed by atoms with Crippen LogP contribution in [-0.4, -0.2) is 52.2 Å². The van der Waals surface area contributed by atoms with Crippen LogP contribution in [0, 0.1) is 13.8 Å². The van der Waals surface area contributed by atoms with Crippen LogP contribution in [0.2, 0.25) is 0 Å². The monoisotopic (exact) mass is 388 g/mol. The SMILES string of the molecule is Cc1ccc(C(=O)N2CCN(c3ccc(Nc4cccc(C)n4)nn3)CC2)cc1. The maximum Gasteiger partial charge on any atom is 0.253 e. The highest BCUT2D eigenvalue weighted by atomic mass is 16.2. The van der Waals surface area contributed by atoms with E-state index in [0.717, 1.165) is 41.5 Å². The zero-order valence-corrected chi connectivity index (χ0v) is 16.7. The van der Waals surface area contributed by atoms with Crippen molar-refractivity contribution < 1.29 is 4.79 Å². The molecule has 1 aliphatic rings. The largest absolute Gasteiger partial charge is 0.352 e. The zero-order chi connectivity index (χ0) is 20.2. The van der Waals surface area contributed by atoms with Crippen molar-refractivity contribution in [2.24, 2.45) is 0 Å². The van der Waals surface area contributed by atoms with E-state index in [4.69, 9.17) is 0 Å². The molecule has 0 unspecified atom stereocenters. The third-order valence-corrected chi connectivity index (χ3v) is 4.98. The number of nitrogens with zero attached hydrogens (tertiary/aromatic N) is 5. The van der Waals surface area contributed by atoms with Crippen LogP contribution >= 0.6 is 0 Å². The molecule has 0 aliphatic carbocycles. The molecule has 1 saturated heterocycles. The minimum Gasteiger partial charge on any atom is -0.352 e. The fourth-order valence-corrected chi connectivity index (χ4v) is 3.32. The molecule has 0 spiro atoms. The Balaban J connectivity index is 1.34. The van der Waals surface area contributed by atoms with E-state index in [0.29, 0.717) is 18.9 Å². The number of piperazine rings is 1. The lowest BCUT2D eigenvalue weighted by Gasteiger charge is -2.35. The first-order chi connectivity index (χ1) is 14.1. The summed E-state index contributed by atoms with van der Waals surface area (Å²) in [5, 5.41) is 11.8. The van der Waals surface area contributed by atoms with Crippen LogP contribution in [0.5, 0.6) is 0 Å². The molecule has 0 atom stereocenters. The summed E-state index contributed by atoms with van der Waals surface area (Å²) in [6, 6.07) is 17.4. The van der Waals surface area contributed by atoms with Crippen molar-refractivity contribution in [1.82, 2.24) is 20.1 Å². The molecule has 3 aromatic rings. The molecule has 148 valence electrons. The lowest BCUT2D eigenvalue weighted by atomic mass is 10.1. The van der Waals surface area contributed by atoms with Gasteiger partial charge in [0.1, 0.15) is 5.82 Å². The van der Waals surface area contributed by atoms with Crippen LogP contribution in [0.1, 0.15) is 21.6 Å². The minimum atomic E-state index is 0.0842. The predicted octanol–water partition coefficient (Wildman–Crippen LogP) is 3.19. The summed E-state index contributed by atoms with van der Waals surface area (Å²) in [7, 11) is 0. The van der Waals surface area contributed by atoms with Crippen LogP contribution in [0.25, 0.3) is 0 Å². The van der Waals surface area contributed by atoms with E-state index in [9.17, 15) is 4.79 Å². The van der Waals surface area contributed by atoms with Gasteiger partial charge in [-0.05, 0) is 50.2 Å². The Hall–Kier alpha value is -3.48. The van der Waals surface area contributed by atoms with Crippen molar-refractivity contribution in [3.05, 3.63) is 71.4 Å². The van der Waals surface area contributed by atoms with Gasteiger partial charge in [-0.2, -0.15) is 0 Å². The standard InChI is InChI=1S/C22H24N6O/c1-16-6-8-18(9-7-16)22(29)28-14-12-27(13-15-28)21-11-10-20(25-26-21)24-19-5-3-4-17(2)23-19/h3-11H,12-15H2,1-2H3,(H,23,24,25). The van der Waals surface area contributed by atoms with Gasteiger partial charge in [-0.15, -0.1) is 10.2 Å². The number of carbonyl (C=O) groups is 1. The van der Waals surface area contributed by atoms with Crippen molar-refractivity contribution in [2.45, 2.75) is 13.8 Å². The van der Waals surface area contributed by atoms with Crippen molar-refractivity contribution in [3.63, 3.8) is 0 Å². The van der Waals surface area contributed by atoms with Crippen LogP contribution in [-0.2, 0) is 0 Å². The quantitative estimate of drug-likeness (QED) is 0.740. The molecule has 1 fully saturated rings. The number of anilines is 3. The Morgan fingerprint density at radius 1 is 0.862 bits per heavy atom. The van der Waals surface area contributed by atoms with Crippen LogP contribution in [0.3, 0.4) is 0 Å². The summed E-state index contributed by atoms with van der Waals surface area (Å²) in [5.74, 6) is 2.30. The third kappa shape index (κ3) is 4.51. The number of aromatic nitrogens is 3. The molecule has 1 aromatic carbocycles. The van der Waals surface area contributed by atoms with Crippen LogP contribution < -0.4 is 10.2 Å². The van der Waals surface area contributed by atoms with Gasteiger partial charge < -0.3 is 15.1 Å². The number of carbonyl (C=O) groups excluding carboxylic acids is 1. The highest BCUT2D eigenvalue weighted by Crippen LogP contribution is 2.18. The Morgan fingerprint density at radius 3 is 2.28 bits per heavy atom. The number of pyridine rings is 1. The van der Waals surface area contributed by atoms with Crippen LogP contribution in [0.4, 0.5) is 17.5 Å². The fraction of sp³-hybridized carbons (Fsp3) is 0.273. The molecular formula is C22H24N6O. The molecule has 2 aromatic heterocycles. The van der Waals surface area contributed by atoms with E-state index in [1.54, 1.807) is 0 Å². The van der Waals surface area contributed by atoms with Gasteiger partial charge in [0.15, 0.2) is 11.6 Å². The molecule has 3 heterocycles. The van der Waals surface area contributed by atoms with E-state index in [1.807, 2.05) is 73.3 Å². The molecule has 29 heavy (non-hydrogen) atoms. The number of benzene rings is 1. The van der Waals surface area contributed by atoms with Gasteiger partial charge in [0.25, 0.3) is 5.91 Å². The minimum absolute atomic E-state index is 0.0842. The number of rotatable bonds is 4. The molecule has 1 N–H and O–H groups in total. The topological polar surface area (TPSA) is 74.2 Å². The van der Waals surface area contributed by atoms with E-state index in [2.05, 4.69) is 25.4 Å². The second-order valence-corrected chi connectivity index (χ2v) is 7.21. The van der Waals surface area contributed by atoms with Crippen molar-refractivity contribution in [2.75, 3.05) is 36.4 Å². The van der Waals surface area contributed by atoms with Gasteiger partial charge in [-0.3, -0.25) is 4.79 Å². The van der Waals surface area contributed by atoms with Gasteiger partial charge in [0.2, 0.25) is 0 Å². The molecular weight excluding hydrogens is 364 g/mol. The molecule has 0 saturated carbocycles. The molecule has 1 amide bonds. The van der Waals surface area contributed by atoms with Gasteiger partial charge in [0.05, 0.1) is 0 Å². The van der Waals surface area contributed by atoms with Gasteiger partial charge in [-0.25, -0.2) is 4.98 Å². The summed E-state index contributed by atoms with van der Waals surface area (Å²) in [6.45, 7) is 6.77.